The Labute approximate surface area is 108 Å². The first-order valence-electron chi connectivity index (χ1n) is 4.89. The van der Waals surface area contributed by atoms with Crippen LogP contribution in [0.5, 0.6) is 11.5 Å². The molecule has 17 heavy (non-hydrogen) atoms. The van der Waals surface area contributed by atoms with Crippen LogP contribution in [-0.4, -0.2) is 17.2 Å². The highest BCUT2D eigenvalue weighted by Crippen LogP contribution is 2.48. The monoisotopic (exact) mass is 267 g/mol. The lowest BCUT2D eigenvalue weighted by Gasteiger charge is -2.29. The van der Waals surface area contributed by atoms with Gasteiger partial charge in [0.15, 0.2) is 16.7 Å². The third-order valence-electron chi connectivity index (χ3n) is 2.59. The molecule has 1 aliphatic rings. The zero-order chi connectivity index (χ0) is 12.0. The number of hydrogen-bond acceptors (Lipinski definition) is 4. The number of ether oxygens (including phenoxy) is 1. The molecule has 0 bridgehead atoms. The number of nitrogens with zero attached hydrogens (tertiary/aromatic N) is 3. The first-order chi connectivity index (χ1) is 8.16. The summed E-state index contributed by atoms with van der Waals surface area (Å²) in [4.78, 5) is 1.90. The fourth-order valence-corrected chi connectivity index (χ4v) is 2.23. The van der Waals surface area contributed by atoms with Crippen molar-refractivity contribution in [2.24, 2.45) is 0 Å². The molecule has 2 aromatic rings. The Kier molecular flexibility index (Phi) is 2.34. The molecule has 0 unspecified atom stereocenters. The van der Waals surface area contributed by atoms with Crippen LogP contribution in [0.2, 0.25) is 10.2 Å². The largest absolute Gasteiger partial charge is 0.451 e. The number of halogens is 2. The molecule has 6 heteroatoms. The van der Waals surface area contributed by atoms with E-state index in [1.54, 1.807) is 12.1 Å². The number of hydrogen-bond donors (Lipinski definition) is 0. The van der Waals surface area contributed by atoms with Crippen molar-refractivity contribution < 1.29 is 4.74 Å². The van der Waals surface area contributed by atoms with E-state index in [0.29, 0.717) is 27.4 Å². The Balaban J connectivity index is 2.21. The summed E-state index contributed by atoms with van der Waals surface area (Å²) in [7, 11) is 1.89. The second-order valence-electron chi connectivity index (χ2n) is 3.62. The van der Waals surface area contributed by atoms with E-state index in [2.05, 4.69) is 10.2 Å². The van der Waals surface area contributed by atoms with Gasteiger partial charge in [0.2, 0.25) is 0 Å². The Morgan fingerprint density at radius 2 is 2.06 bits per heavy atom. The smallest absolute Gasteiger partial charge is 0.179 e. The van der Waals surface area contributed by atoms with E-state index in [-0.39, 0.29) is 0 Å². The van der Waals surface area contributed by atoms with Crippen LogP contribution in [0.25, 0.3) is 0 Å². The van der Waals surface area contributed by atoms with E-state index >= 15 is 0 Å². The van der Waals surface area contributed by atoms with Crippen molar-refractivity contribution in [2.75, 3.05) is 11.9 Å². The first-order valence-corrected chi connectivity index (χ1v) is 5.65. The lowest BCUT2D eigenvalue weighted by Crippen LogP contribution is -2.16. The Morgan fingerprint density at radius 3 is 2.88 bits per heavy atom. The van der Waals surface area contributed by atoms with Gasteiger partial charge in [0.05, 0.1) is 11.9 Å². The van der Waals surface area contributed by atoms with E-state index < -0.39 is 0 Å². The standard InChI is InChI=1S/C11H7Cl2N3O/c1-16-7-3-2-6(12)4-8(7)17-9-5-14-15-11(13)10(9)16/h2-5H,1H3. The van der Waals surface area contributed by atoms with Crippen molar-refractivity contribution in [3.63, 3.8) is 0 Å². The average molecular weight is 268 g/mol. The van der Waals surface area contributed by atoms with Crippen LogP contribution in [-0.2, 0) is 0 Å². The van der Waals surface area contributed by atoms with Crippen molar-refractivity contribution >= 4 is 34.6 Å². The summed E-state index contributed by atoms with van der Waals surface area (Å²) in [6, 6.07) is 5.43. The molecule has 0 aliphatic carbocycles. The van der Waals surface area contributed by atoms with E-state index in [9.17, 15) is 0 Å². The SMILES string of the molecule is CN1c2ccc(Cl)cc2Oc2cnnc(Cl)c21. The molecule has 1 aromatic heterocycles. The quantitative estimate of drug-likeness (QED) is 0.730. The summed E-state index contributed by atoms with van der Waals surface area (Å²) in [5, 5.41) is 8.49. The third kappa shape index (κ3) is 1.61. The molecular formula is C11H7Cl2N3O. The summed E-state index contributed by atoms with van der Waals surface area (Å²) >= 11 is 11.9. The molecule has 0 N–H and O–H groups in total. The Morgan fingerprint density at radius 1 is 1.24 bits per heavy atom. The van der Waals surface area contributed by atoms with Gasteiger partial charge < -0.3 is 9.64 Å². The number of anilines is 2. The summed E-state index contributed by atoms with van der Waals surface area (Å²) < 4.78 is 5.70. The van der Waals surface area contributed by atoms with Crippen LogP contribution >= 0.6 is 23.2 Å². The van der Waals surface area contributed by atoms with Crippen molar-refractivity contribution in [1.29, 1.82) is 0 Å². The van der Waals surface area contributed by atoms with Crippen LogP contribution in [0.1, 0.15) is 0 Å². The number of aromatic nitrogens is 2. The molecule has 0 atom stereocenters. The third-order valence-corrected chi connectivity index (χ3v) is 3.08. The van der Waals surface area contributed by atoms with Gasteiger partial charge in [0.25, 0.3) is 0 Å². The molecule has 4 nitrogen and oxygen atoms in total. The second-order valence-corrected chi connectivity index (χ2v) is 4.42. The van der Waals surface area contributed by atoms with E-state index in [4.69, 9.17) is 27.9 Å². The van der Waals surface area contributed by atoms with Crippen LogP contribution < -0.4 is 9.64 Å². The first kappa shape index (κ1) is 10.6. The van der Waals surface area contributed by atoms with Crippen molar-refractivity contribution in [2.45, 2.75) is 0 Å². The van der Waals surface area contributed by atoms with Gasteiger partial charge in [-0.05, 0) is 12.1 Å². The summed E-state index contributed by atoms with van der Waals surface area (Å²) in [5.41, 5.74) is 1.59. The van der Waals surface area contributed by atoms with E-state index in [1.165, 1.54) is 6.20 Å². The van der Waals surface area contributed by atoms with Gasteiger partial charge in [0.1, 0.15) is 5.69 Å². The molecule has 3 rings (SSSR count). The van der Waals surface area contributed by atoms with E-state index in [0.717, 1.165) is 5.69 Å². The normalized spacial score (nSPS) is 12.8. The van der Waals surface area contributed by atoms with Gasteiger partial charge in [-0.15, -0.1) is 5.10 Å². The van der Waals surface area contributed by atoms with Gasteiger partial charge >= 0.3 is 0 Å². The second kappa shape index (κ2) is 3.75. The highest BCUT2D eigenvalue weighted by atomic mass is 35.5. The molecule has 0 spiro atoms. The highest BCUT2D eigenvalue weighted by molar-refractivity contribution is 6.32. The number of fused-ring (bicyclic) bond motifs is 2. The number of benzene rings is 1. The molecule has 1 aliphatic heterocycles. The average Bonchev–Trinajstić information content (AvgIpc) is 2.28. The molecule has 1 aromatic carbocycles. The molecular weight excluding hydrogens is 261 g/mol. The fraction of sp³-hybridized carbons (Fsp3) is 0.0909. The molecule has 86 valence electrons. The Bertz CT molecular complexity index is 603. The van der Waals surface area contributed by atoms with Crippen LogP contribution in [0.15, 0.2) is 24.4 Å². The van der Waals surface area contributed by atoms with Crippen molar-refractivity contribution in [3.05, 3.63) is 34.6 Å². The molecule has 2 heterocycles. The highest BCUT2D eigenvalue weighted by Gasteiger charge is 2.25. The summed E-state index contributed by atoms with van der Waals surface area (Å²) in [6.07, 6.45) is 1.53. The lowest BCUT2D eigenvalue weighted by molar-refractivity contribution is 0.471. The van der Waals surface area contributed by atoms with Gasteiger partial charge in [-0.3, -0.25) is 0 Å². The van der Waals surface area contributed by atoms with Gasteiger partial charge in [-0.2, -0.15) is 5.10 Å². The predicted octanol–water partition coefficient (Wildman–Crippen LogP) is 3.66. The topological polar surface area (TPSA) is 38.2 Å². The minimum atomic E-state index is 0.311. The van der Waals surface area contributed by atoms with Gasteiger partial charge in [-0.1, -0.05) is 23.2 Å². The Hall–Kier alpha value is -1.52. The van der Waals surface area contributed by atoms with Crippen LogP contribution in [0.3, 0.4) is 0 Å². The summed E-state index contributed by atoms with van der Waals surface area (Å²) in [6.45, 7) is 0. The minimum absolute atomic E-state index is 0.311. The maximum atomic E-state index is 6.01. The van der Waals surface area contributed by atoms with Crippen LogP contribution in [0, 0.1) is 0 Å². The maximum absolute atomic E-state index is 6.01. The zero-order valence-corrected chi connectivity index (χ0v) is 10.3. The minimum Gasteiger partial charge on any atom is -0.451 e. The van der Waals surface area contributed by atoms with Gasteiger partial charge in [0, 0.05) is 18.1 Å². The fourth-order valence-electron chi connectivity index (χ4n) is 1.81. The zero-order valence-electron chi connectivity index (χ0n) is 8.82. The molecule has 0 saturated heterocycles. The molecule has 0 saturated carbocycles. The molecule has 0 amide bonds. The van der Waals surface area contributed by atoms with Crippen LogP contribution in [0.4, 0.5) is 11.4 Å². The lowest BCUT2D eigenvalue weighted by atomic mass is 10.2. The number of rotatable bonds is 0. The van der Waals surface area contributed by atoms with Crippen molar-refractivity contribution in [3.8, 4) is 11.5 Å². The molecule has 0 fully saturated rings. The van der Waals surface area contributed by atoms with Gasteiger partial charge in [-0.25, -0.2) is 0 Å². The van der Waals surface area contributed by atoms with E-state index in [1.807, 2.05) is 18.0 Å². The summed E-state index contributed by atoms with van der Waals surface area (Å²) in [5.74, 6) is 1.25. The molecule has 0 radical (unpaired) electrons. The predicted molar refractivity (Wildman–Crippen MR) is 66.6 cm³/mol. The van der Waals surface area contributed by atoms with Crippen molar-refractivity contribution in [1.82, 2.24) is 10.2 Å². The maximum Gasteiger partial charge on any atom is 0.179 e.